The van der Waals surface area contributed by atoms with Gasteiger partial charge in [-0.1, -0.05) is 0 Å². The molecule has 46 valence electrons. The van der Waals surface area contributed by atoms with Crippen LogP contribution in [0, 0.1) is 0 Å². The molecule has 0 unspecified atom stereocenters. The van der Waals surface area contributed by atoms with E-state index in [2.05, 4.69) is 9.97 Å². The number of hydrogen-bond acceptors (Lipinski definition) is 4. The van der Waals surface area contributed by atoms with Crippen molar-refractivity contribution in [3.63, 3.8) is 0 Å². The minimum atomic E-state index is -0.225. The van der Waals surface area contributed by atoms with Crippen molar-refractivity contribution in [1.82, 2.24) is 9.97 Å². The summed E-state index contributed by atoms with van der Waals surface area (Å²) in [6.45, 7) is 0. The molecule has 0 saturated carbocycles. The van der Waals surface area contributed by atoms with Crippen LogP contribution in [0.15, 0.2) is 12.4 Å². The van der Waals surface area contributed by atoms with Crippen LogP contribution in [0.25, 0.3) is 0 Å². The summed E-state index contributed by atoms with van der Waals surface area (Å²) in [7, 11) is 0. The average molecular weight is 160 g/mol. The minimum absolute atomic E-state index is 0. The van der Waals surface area contributed by atoms with Crippen molar-refractivity contribution in [2.45, 2.75) is 0 Å². The van der Waals surface area contributed by atoms with Crippen LogP contribution in [0.4, 0.5) is 0 Å². The fraction of sp³-hybridized carbons (Fsp3) is 0. The standard InChI is InChI=1S/C4H4N2O2.2Na.2H/c7-3-1-4(8)6-2-5-3;;;;/h1-2H,(H2,5,6,7,8);;;;. The van der Waals surface area contributed by atoms with E-state index in [4.69, 9.17) is 10.2 Å². The fourth-order valence-corrected chi connectivity index (χ4v) is 0.337. The first kappa shape index (κ1) is 13.3. The molecule has 0 bridgehead atoms. The molecule has 1 aromatic rings. The van der Waals surface area contributed by atoms with E-state index in [-0.39, 0.29) is 70.9 Å². The number of aromatic hydroxyl groups is 2. The monoisotopic (exact) mass is 160 g/mol. The Bertz CT molecular complexity index is 179. The molecule has 0 aliphatic carbocycles. The first-order valence-electron chi connectivity index (χ1n) is 1.99. The summed E-state index contributed by atoms with van der Waals surface area (Å²) < 4.78 is 0. The Morgan fingerprint density at radius 1 is 1.00 bits per heavy atom. The molecule has 1 aromatic heterocycles. The predicted molar refractivity (Wildman–Crippen MR) is 39.7 cm³/mol. The molecule has 0 amide bonds. The molecule has 0 radical (unpaired) electrons. The van der Waals surface area contributed by atoms with Gasteiger partial charge in [0.1, 0.15) is 6.33 Å². The van der Waals surface area contributed by atoms with E-state index in [1.807, 2.05) is 0 Å². The Balaban J connectivity index is 0. The van der Waals surface area contributed by atoms with Crippen molar-refractivity contribution >= 4 is 59.1 Å². The molecular formula is C4H6N2Na2O2. The van der Waals surface area contributed by atoms with Gasteiger partial charge < -0.3 is 10.2 Å². The van der Waals surface area contributed by atoms with E-state index >= 15 is 0 Å². The summed E-state index contributed by atoms with van der Waals surface area (Å²) in [5.41, 5.74) is 0. The summed E-state index contributed by atoms with van der Waals surface area (Å²) in [6, 6.07) is 1.06. The van der Waals surface area contributed by atoms with Gasteiger partial charge in [-0.25, -0.2) is 9.97 Å². The fourth-order valence-electron chi connectivity index (χ4n) is 0.337. The molecule has 0 saturated heterocycles. The second kappa shape index (κ2) is 6.39. The molecule has 0 spiro atoms. The second-order valence-corrected chi connectivity index (χ2v) is 1.23. The molecular weight excluding hydrogens is 154 g/mol. The van der Waals surface area contributed by atoms with E-state index in [9.17, 15) is 0 Å². The zero-order chi connectivity index (χ0) is 5.98. The number of rotatable bonds is 0. The first-order valence-corrected chi connectivity index (χ1v) is 1.99. The van der Waals surface area contributed by atoms with Gasteiger partial charge in [-0.2, -0.15) is 0 Å². The van der Waals surface area contributed by atoms with Crippen molar-refractivity contribution < 1.29 is 10.2 Å². The summed E-state index contributed by atoms with van der Waals surface area (Å²) in [5, 5.41) is 17.0. The summed E-state index contributed by atoms with van der Waals surface area (Å²) in [5.74, 6) is -0.449. The van der Waals surface area contributed by atoms with Gasteiger partial charge in [-0.3, -0.25) is 0 Å². The van der Waals surface area contributed by atoms with Gasteiger partial charge in [-0.15, -0.1) is 0 Å². The Labute approximate surface area is 102 Å². The zero-order valence-corrected chi connectivity index (χ0v) is 3.94. The van der Waals surface area contributed by atoms with E-state index < -0.39 is 0 Å². The van der Waals surface area contributed by atoms with Crippen LogP contribution in [0.2, 0.25) is 0 Å². The summed E-state index contributed by atoms with van der Waals surface area (Å²) in [4.78, 5) is 6.65. The van der Waals surface area contributed by atoms with Crippen molar-refractivity contribution in [3.05, 3.63) is 12.4 Å². The molecule has 1 heterocycles. The quantitative estimate of drug-likeness (QED) is 0.457. The Morgan fingerprint density at radius 3 is 1.60 bits per heavy atom. The van der Waals surface area contributed by atoms with Gasteiger partial charge in [0.2, 0.25) is 11.8 Å². The van der Waals surface area contributed by atoms with E-state index in [0.717, 1.165) is 12.4 Å². The van der Waals surface area contributed by atoms with E-state index in [1.165, 1.54) is 0 Å². The number of aromatic nitrogens is 2. The molecule has 4 nitrogen and oxygen atoms in total. The predicted octanol–water partition coefficient (Wildman–Crippen LogP) is -1.41. The number of nitrogens with zero attached hydrogens (tertiary/aromatic N) is 2. The third-order valence-electron chi connectivity index (χ3n) is 0.638. The van der Waals surface area contributed by atoms with Crippen LogP contribution < -0.4 is 0 Å². The molecule has 0 fully saturated rings. The van der Waals surface area contributed by atoms with Gasteiger partial charge in [-0.05, 0) is 0 Å². The molecule has 0 aliphatic rings. The van der Waals surface area contributed by atoms with E-state index in [0.29, 0.717) is 0 Å². The van der Waals surface area contributed by atoms with Crippen molar-refractivity contribution in [2.75, 3.05) is 0 Å². The first-order chi connectivity index (χ1) is 3.79. The summed E-state index contributed by atoms with van der Waals surface area (Å²) >= 11 is 0. The zero-order valence-electron chi connectivity index (χ0n) is 3.94. The second-order valence-electron chi connectivity index (χ2n) is 1.23. The Morgan fingerprint density at radius 2 is 1.40 bits per heavy atom. The molecule has 10 heavy (non-hydrogen) atoms. The SMILES string of the molecule is Oc1cc(O)ncn1.[NaH].[NaH]. The molecule has 0 atom stereocenters. The Hall–Kier alpha value is 0.680. The van der Waals surface area contributed by atoms with Crippen LogP contribution in [0.3, 0.4) is 0 Å². The van der Waals surface area contributed by atoms with Crippen molar-refractivity contribution in [2.24, 2.45) is 0 Å². The summed E-state index contributed by atoms with van der Waals surface area (Å²) in [6.07, 6.45) is 1.07. The molecule has 0 aromatic carbocycles. The van der Waals surface area contributed by atoms with Crippen LogP contribution in [0.5, 0.6) is 11.8 Å². The molecule has 0 aliphatic heterocycles. The maximum atomic E-state index is 8.50. The third-order valence-corrected chi connectivity index (χ3v) is 0.638. The normalized spacial score (nSPS) is 7.20. The van der Waals surface area contributed by atoms with Crippen molar-refractivity contribution in [3.8, 4) is 11.8 Å². The topological polar surface area (TPSA) is 66.2 Å². The third kappa shape index (κ3) is 4.49. The van der Waals surface area contributed by atoms with Gasteiger partial charge in [0.05, 0.1) is 6.07 Å². The van der Waals surface area contributed by atoms with Crippen LogP contribution in [-0.2, 0) is 0 Å². The molecule has 6 heteroatoms. The number of hydrogen-bond donors (Lipinski definition) is 2. The Kier molecular flexibility index (Phi) is 8.49. The average Bonchev–Trinajstić information content (AvgIpc) is 1.64. The van der Waals surface area contributed by atoms with Gasteiger partial charge >= 0.3 is 59.1 Å². The van der Waals surface area contributed by atoms with Crippen LogP contribution in [0.1, 0.15) is 0 Å². The molecule has 1 rings (SSSR count). The van der Waals surface area contributed by atoms with Gasteiger partial charge in [0.25, 0.3) is 0 Å². The van der Waals surface area contributed by atoms with E-state index in [1.54, 1.807) is 0 Å². The molecule has 2 N–H and O–H groups in total. The van der Waals surface area contributed by atoms with Gasteiger partial charge in [0, 0.05) is 0 Å². The maximum absolute atomic E-state index is 8.50. The van der Waals surface area contributed by atoms with Crippen LogP contribution in [-0.4, -0.2) is 79.3 Å². The van der Waals surface area contributed by atoms with Crippen LogP contribution >= 0.6 is 0 Å². The van der Waals surface area contributed by atoms with Crippen molar-refractivity contribution in [1.29, 1.82) is 0 Å². The van der Waals surface area contributed by atoms with Gasteiger partial charge in [0.15, 0.2) is 0 Å².